The average molecular weight is 715 g/mol. The van der Waals surface area contributed by atoms with Gasteiger partial charge in [0.15, 0.2) is 0 Å². The second kappa shape index (κ2) is 14.4. The first-order chi connectivity index (χ1) is 27.8. The van der Waals surface area contributed by atoms with E-state index in [0.717, 1.165) is 33.8 Å². The van der Waals surface area contributed by atoms with Crippen LogP contribution in [0.2, 0.25) is 0 Å². The summed E-state index contributed by atoms with van der Waals surface area (Å²) in [6, 6.07) is 83.1. The van der Waals surface area contributed by atoms with Crippen molar-refractivity contribution in [3.05, 3.63) is 231 Å². The van der Waals surface area contributed by atoms with E-state index in [1.807, 2.05) is 0 Å². The molecule has 264 valence electrons. The molecule has 56 heavy (non-hydrogen) atoms. The lowest BCUT2D eigenvalue weighted by Gasteiger charge is -2.29. The van der Waals surface area contributed by atoms with Gasteiger partial charge < -0.3 is 9.47 Å². The van der Waals surface area contributed by atoms with Gasteiger partial charge in [-0.1, -0.05) is 182 Å². The minimum Gasteiger partial charge on any atom is -0.309 e. The van der Waals surface area contributed by atoms with Crippen molar-refractivity contribution in [1.82, 2.24) is 4.57 Å². The molecule has 10 aromatic rings. The van der Waals surface area contributed by atoms with Gasteiger partial charge in [0, 0.05) is 27.7 Å². The first-order valence-electron chi connectivity index (χ1n) is 19.2. The van der Waals surface area contributed by atoms with Gasteiger partial charge in [-0.05, 0) is 87.5 Å². The standard InChI is InChI=1S/C54H38N2/c1-5-18-39(19-6-1)40-32-34-44(35-33-40)55(50-28-15-13-26-47(50)42-22-9-3-10-23-42)52-30-17-31-53-54(52)48-27-14-16-29-51(48)56(53)45-36-37-46(41-20-7-2-8-21-41)49(38-45)43-24-11-4-12-25-43/h1-38H. The van der Waals surface area contributed by atoms with E-state index in [2.05, 4.69) is 240 Å². The maximum absolute atomic E-state index is 2.45. The topological polar surface area (TPSA) is 8.17 Å². The van der Waals surface area contributed by atoms with Crippen LogP contribution in [0.1, 0.15) is 0 Å². The van der Waals surface area contributed by atoms with Gasteiger partial charge in [0.05, 0.1) is 22.4 Å². The van der Waals surface area contributed by atoms with Gasteiger partial charge in [0.25, 0.3) is 0 Å². The van der Waals surface area contributed by atoms with E-state index in [4.69, 9.17) is 0 Å². The fourth-order valence-electron chi connectivity index (χ4n) is 8.23. The van der Waals surface area contributed by atoms with E-state index in [-0.39, 0.29) is 0 Å². The van der Waals surface area contributed by atoms with Gasteiger partial charge in [-0.25, -0.2) is 0 Å². The molecular formula is C54H38N2. The molecule has 0 unspecified atom stereocenters. The van der Waals surface area contributed by atoms with Crippen molar-refractivity contribution in [1.29, 1.82) is 0 Å². The Morgan fingerprint density at radius 2 is 0.804 bits per heavy atom. The molecule has 0 aliphatic carbocycles. The molecule has 0 radical (unpaired) electrons. The Kier molecular flexibility index (Phi) is 8.55. The zero-order valence-corrected chi connectivity index (χ0v) is 30.8. The Bertz CT molecular complexity index is 2930. The third-order valence-electron chi connectivity index (χ3n) is 10.8. The summed E-state index contributed by atoms with van der Waals surface area (Å²) in [7, 11) is 0. The number of hydrogen-bond acceptors (Lipinski definition) is 1. The van der Waals surface area contributed by atoms with E-state index >= 15 is 0 Å². The molecule has 0 saturated carbocycles. The number of rotatable bonds is 8. The monoisotopic (exact) mass is 714 g/mol. The number of hydrogen-bond donors (Lipinski definition) is 0. The number of aromatic nitrogens is 1. The first kappa shape index (κ1) is 33.2. The Labute approximate surface area is 327 Å². The molecule has 0 saturated heterocycles. The van der Waals surface area contributed by atoms with E-state index in [9.17, 15) is 0 Å². The zero-order valence-electron chi connectivity index (χ0n) is 30.8. The molecule has 2 nitrogen and oxygen atoms in total. The largest absolute Gasteiger partial charge is 0.309 e. The SMILES string of the molecule is c1ccc(-c2ccc(N(c3ccccc3-c3ccccc3)c3cccc4c3c3ccccc3n4-c3ccc(-c4ccccc4)c(-c4ccccc4)c3)cc2)cc1. The van der Waals surface area contributed by atoms with Crippen molar-refractivity contribution in [2.45, 2.75) is 0 Å². The highest BCUT2D eigenvalue weighted by molar-refractivity contribution is 6.17. The van der Waals surface area contributed by atoms with Crippen molar-refractivity contribution in [2.24, 2.45) is 0 Å². The molecule has 10 rings (SSSR count). The number of fused-ring (bicyclic) bond motifs is 3. The van der Waals surface area contributed by atoms with Crippen LogP contribution in [0, 0.1) is 0 Å². The summed E-state index contributed by atoms with van der Waals surface area (Å²) >= 11 is 0. The van der Waals surface area contributed by atoms with Gasteiger partial charge in [0.1, 0.15) is 0 Å². The molecule has 0 aliphatic heterocycles. The second-order valence-electron chi connectivity index (χ2n) is 14.1. The maximum atomic E-state index is 2.45. The molecule has 0 atom stereocenters. The fraction of sp³-hybridized carbons (Fsp3) is 0. The van der Waals surface area contributed by atoms with Crippen LogP contribution >= 0.6 is 0 Å². The molecule has 1 aromatic heterocycles. The lowest BCUT2D eigenvalue weighted by atomic mass is 9.94. The summed E-state index contributed by atoms with van der Waals surface area (Å²) in [6.07, 6.45) is 0. The molecule has 9 aromatic carbocycles. The van der Waals surface area contributed by atoms with E-state index < -0.39 is 0 Å². The van der Waals surface area contributed by atoms with Gasteiger partial charge in [-0.2, -0.15) is 0 Å². The van der Waals surface area contributed by atoms with Crippen LogP contribution in [0.25, 0.3) is 72.0 Å². The van der Waals surface area contributed by atoms with E-state index in [1.54, 1.807) is 0 Å². The number of benzene rings is 9. The summed E-state index contributed by atoms with van der Waals surface area (Å²) in [6.45, 7) is 0. The summed E-state index contributed by atoms with van der Waals surface area (Å²) in [5.74, 6) is 0. The summed E-state index contributed by atoms with van der Waals surface area (Å²) in [5.41, 5.74) is 16.3. The van der Waals surface area contributed by atoms with Crippen LogP contribution in [-0.4, -0.2) is 4.57 Å². The summed E-state index contributed by atoms with van der Waals surface area (Å²) < 4.78 is 2.44. The zero-order chi connectivity index (χ0) is 37.3. The van der Waals surface area contributed by atoms with E-state index in [1.165, 1.54) is 55.3 Å². The van der Waals surface area contributed by atoms with Crippen LogP contribution < -0.4 is 4.90 Å². The van der Waals surface area contributed by atoms with E-state index in [0.29, 0.717) is 0 Å². The predicted octanol–water partition coefficient (Wildman–Crippen LogP) is 14.9. The third kappa shape index (κ3) is 5.95. The molecule has 0 fully saturated rings. The lowest BCUT2D eigenvalue weighted by Crippen LogP contribution is -2.11. The van der Waals surface area contributed by atoms with Crippen molar-refractivity contribution in [2.75, 3.05) is 4.90 Å². The third-order valence-corrected chi connectivity index (χ3v) is 10.8. The van der Waals surface area contributed by atoms with Crippen LogP contribution in [0.4, 0.5) is 17.1 Å². The predicted molar refractivity (Wildman–Crippen MR) is 237 cm³/mol. The van der Waals surface area contributed by atoms with Crippen LogP contribution in [-0.2, 0) is 0 Å². The quantitative estimate of drug-likeness (QED) is 0.152. The normalized spacial score (nSPS) is 11.2. The molecule has 0 N–H and O–H groups in total. The number of anilines is 3. The first-order valence-corrected chi connectivity index (χ1v) is 19.2. The van der Waals surface area contributed by atoms with Crippen molar-refractivity contribution in [3.63, 3.8) is 0 Å². The Hall–Kier alpha value is -7.42. The van der Waals surface area contributed by atoms with Crippen LogP contribution in [0.3, 0.4) is 0 Å². The Balaban J connectivity index is 1.22. The average Bonchev–Trinajstić information content (AvgIpc) is 3.63. The van der Waals surface area contributed by atoms with Crippen molar-refractivity contribution >= 4 is 38.9 Å². The number of para-hydroxylation sites is 2. The van der Waals surface area contributed by atoms with Crippen molar-refractivity contribution < 1.29 is 0 Å². The smallest absolute Gasteiger partial charge is 0.0562 e. The van der Waals surface area contributed by atoms with Gasteiger partial charge in [-0.15, -0.1) is 0 Å². The number of nitrogens with zero attached hydrogens (tertiary/aromatic N) is 2. The van der Waals surface area contributed by atoms with Crippen molar-refractivity contribution in [3.8, 4) is 50.2 Å². The molecule has 2 heteroatoms. The molecule has 0 bridgehead atoms. The highest BCUT2D eigenvalue weighted by atomic mass is 15.1. The molecule has 1 heterocycles. The fourth-order valence-corrected chi connectivity index (χ4v) is 8.23. The highest BCUT2D eigenvalue weighted by Crippen LogP contribution is 2.47. The molecule has 0 spiro atoms. The second-order valence-corrected chi connectivity index (χ2v) is 14.1. The van der Waals surface area contributed by atoms with Gasteiger partial charge in [0.2, 0.25) is 0 Å². The minimum absolute atomic E-state index is 1.09. The maximum Gasteiger partial charge on any atom is 0.0562 e. The molecule has 0 aliphatic rings. The summed E-state index contributed by atoms with van der Waals surface area (Å²) in [4.78, 5) is 2.45. The van der Waals surface area contributed by atoms with Gasteiger partial charge in [-0.3, -0.25) is 0 Å². The summed E-state index contributed by atoms with van der Waals surface area (Å²) in [5, 5.41) is 2.40. The lowest BCUT2D eigenvalue weighted by molar-refractivity contribution is 1.18. The molecular weight excluding hydrogens is 677 g/mol. The Morgan fingerprint density at radius 1 is 0.304 bits per heavy atom. The van der Waals surface area contributed by atoms with Gasteiger partial charge >= 0.3 is 0 Å². The molecule has 0 amide bonds. The Morgan fingerprint density at radius 3 is 1.48 bits per heavy atom. The van der Waals surface area contributed by atoms with Crippen LogP contribution in [0.15, 0.2) is 231 Å². The van der Waals surface area contributed by atoms with Crippen LogP contribution in [0.5, 0.6) is 0 Å². The highest BCUT2D eigenvalue weighted by Gasteiger charge is 2.23. The minimum atomic E-state index is 1.09.